The molecule has 10 heteroatoms. The summed E-state index contributed by atoms with van der Waals surface area (Å²) in [5, 5.41) is 0. The molecule has 0 amide bonds. The van der Waals surface area contributed by atoms with Gasteiger partial charge in [-0.3, -0.25) is 0 Å². The van der Waals surface area contributed by atoms with Crippen molar-refractivity contribution in [2.24, 2.45) is 0 Å². The Morgan fingerprint density at radius 3 is 2.39 bits per heavy atom. The van der Waals surface area contributed by atoms with Gasteiger partial charge in [-0.2, -0.15) is 17.5 Å². The molecular weight excluding hydrogens is 519 g/mol. The van der Waals surface area contributed by atoms with Crippen LogP contribution in [0.15, 0.2) is 41.3 Å². The topological polar surface area (TPSA) is 72.9 Å². The number of fused-ring (bicyclic) bond motifs is 1. The van der Waals surface area contributed by atoms with Crippen molar-refractivity contribution in [3.63, 3.8) is 0 Å². The smallest absolute Gasteiger partial charge is 0.416 e. The highest BCUT2D eigenvalue weighted by molar-refractivity contribution is 7.89. The molecule has 1 aliphatic carbocycles. The fraction of sp³-hybridized carbons (Fsp3) is 0.536. The number of esters is 1. The van der Waals surface area contributed by atoms with E-state index in [0.717, 1.165) is 22.4 Å². The van der Waals surface area contributed by atoms with Crippen molar-refractivity contribution in [3.8, 4) is 5.75 Å². The lowest BCUT2D eigenvalue weighted by Gasteiger charge is -2.29. The fourth-order valence-corrected chi connectivity index (χ4v) is 6.03. The van der Waals surface area contributed by atoms with E-state index in [1.54, 1.807) is 46.8 Å². The second-order valence-electron chi connectivity index (χ2n) is 10.9. The zero-order valence-corrected chi connectivity index (χ0v) is 23.5. The van der Waals surface area contributed by atoms with Crippen LogP contribution in [0.4, 0.5) is 13.2 Å². The van der Waals surface area contributed by atoms with Crippen molar-refractivity contribution < 1.29 is 35.9 Å². The standard InChI is InChI=1S/C28H36F3NO5S/c1-18(2)19-14-20(28(29,30)31)16-21(15-19)38(34,35)32(6)24-12-8-7-10-23-22(24)11-9-13-25(23)36-17-26(33)37-27(3,4)5/h9,11,13-16,18,24H,7-8,10,12,17H2,1-6H3. The molecule has 0 saturated heterocycles. The van der Waals surface area contributed by atoms with Crippen LogP contribution >= 0.6 is 0 Å². The first-order valence-electron chi connectivity index (χ1n) is 12.7. The number of benzene rings is 2. The molecule has 2 aromatic carbocycles. The second kappa shape index (κ2) is 11.3. The minimum absolute atomic E-state index is 0.292. The third-order valence-electron chi connectivity index (χ3n) is 6.49. The van der Waals surface area contributed by atoms with Crippen LogP contribution in [0.3, 0.4) is 0 Å². The SMILES string of the molecule is CC(C)c1cc(C(F)(F)F)cc(S(=O)(=O)N(C)C2CCCCc3c(OCC(=O)OC(C)(C)C)cccc32)c1. The number of rotatable bonds is 7. The van der Waals surface area contributed by atoms with Crippen molar-refractivity contribution in [3.05, 3.63) is 58.7 Å². The highest BCUT2D eigenvalue weighted by Gasteiger charge is 2.36. The van der Waals surface area contributed by atoms with Crippen LogP contribution < -0.4 is 4.74 Å². The molecular formula is C28H36F3NO5S. The van der Waals surface area contributed by atoms with Gasteiger partial charge in [-0.25, -0.2) is 13.2 Å². The van der Waals surface area contributed by atoms with Crippen LogP contribution in [-0.4, -0.2) is 37.9 Å². The van der Waals surface area contributed by atoms with Crippen LogP contribution in [0.1, 0.15) is 88.1 Å². The minimum atomic E-state index is -4.68. The Hall–Kier alpha value is -2.59. The first-order chi connectivity index (χ1) is 17.5. The molecule has 1 aliphatic rings. The number of nitrogens with zero attached hydrogens (tertiary/aromatic N) is 1. The number of alkyl halides is 3. The van der Waals surface area contributed by atoms with Crippen LogP contribution in [0.5, 0.6) is 5.75 Å². The van der Waals surface area contributed by atoms with Gasteiger partial charge in [0.15, 0.2) is 6.61 Å². The van der Waals surface area contributed by atoms with Crippen molar-refractivity contribution in [2.75, 3.05) is 13.7 Å². The van der Waals surface area contributed by atoms with Crippen molar-refractivity contribution >= 4 is 16.0 Å². The molecule has 0 saturated carbocycles. The maximum Gasteiger partial charge on any atom is 0.416 e. The monoisotopic (exact) mass is 555 g/mol. The third kappa shape index (κ3) is 7.08. The van der Waals surface area contributed by atoms with E-state index in [-0.39, 0.29) is 17.4 Å². The van der Waals surface area contributed by atoms with E-state index in [0.29, 0.717) is 42.2 Å². The van der Waals surface area contributed by atoms with Gasteiger partial charge >= 0.3 is 12.1 Å². The van der Waals surface area contributed by atoms with Gasteiger partial charge < -0.3 is 9.47 Å². The zero-order valence-electron chi connectivity index (χ0n) is 22.7. The average molecular weight is 556 g/mol. The average Bonchev–Trinajstić information content (AvgIpc) is 3.03. The number of sulfonamides is 1. The Labute approximate surface area is 223 Å². The molecule has 38 heavy (non-hydrogen) atoms. The highest BCUT2D eigenvalue weighted by atomic mass is 32.2. The van der Waals surface area contributed by atoms with Gasteiger partial charge in [0.25, 0.3) is 0 Å². The summed E-state index contributed by atoms with van der Waals surface area (Å²) in [4.78, 5) is 11.8. The summed E-state index contributed by atoms with van der Waals surface area (Å²) < 4.78 is 80.5. The van der Waals surface area contributed by atoms with Crippen molar-refractivity contribution in [1.82, 2.24) is 4.31 Å². The molecule has 0 spiro atoms. The number of ether oxygens (including phenoxy) is 2. The summed E-state index contributed by atoms with van der Waals surface area (Å²) in [6, 6.07) is 7.67. The quantitative estimate of drug-likeness (QED) is 0.283. The Morgan fingerprint density at radius 1 is 1.11 bits per heavy atom. The molecule has 210 valence electrons. The van der Waals surface area contributed by atoms with E-state index in [4.69, 9.17) is 9.47 Å². The molecule has 0 heterocycles. The van der Waals surface area contributed by atoms with E-state index in [2.05, 4.69) is 0 Å². The number of halogens is 3. The Morgan fingerprint density at radius 2 is 1.79 bits per heavy atom. The number of carbonyl (C=O) groups is 1. The van der Waals surface area contributed by atoms with E-state index >= 15 is 0 Å². The first kappa shape index (κ1) is 30.0. The predicted octanol–water partition coefficient (Wildman–Crippen LogP) is 6.64. The van der Waals surface area contributed by atoms with E-state index in [9.17, 15) is 26.4 Å². The normalized spacial score (nSPS) is 16.8. The molecule has 0 radical (unpaired) electrons. The van der Waals surface area contributed by atoms with Crippen LogP contribution in [0.2, 0.25) is 0 Å². The predicted molar refractivity (Wildman–Crippen MR) is 139 cm³/mol. The van der Waals surface area contributed by atoms with Gasteiger partial charge in [0, 0.05) is 7.05 Å². The van der Waals surface area contributed by atoms with Crippen molar-refractivity contribution in [1.29, 1.82) is 0 Å². The number of carbonyl (C=O) groups excluding carboxylic acids is 1. The maximum atomic E-state index is 13.7. The molecule has 1 atom stereocenters. The summed E-state index contributed by atoms with van der Waals surface area (Å²) >= 11 is 0. The van der Waals surface area contributed by atoms with Gasteiger partial charge in [-0.15, -0.1) is 0 Å². The molecule has 1 unspecified atom stereocenters. The molecule has 0 aliphatic heterocycles. The molecule has 3 rings (SSSR count). The summed E-state index contributed by atoms with van der Waals surface area (Å²) in [6.07, 6.45) is -2.08. The lowest BCUT2D eigenvalue weighted by atomic mass is 9.98. The number of hydrogen-bond donors (Lipinski definition) is 0. The van der Waals surface area contributed by atoms with Gasteiger partial charge in [-0.1, -0.05) is 32.4 Å². The van der Waals surface area contributed by atoms with E-state index in [1.165, 1.54) is 13.1 Å². The fourth-order valence-electron chi connectivity index (χ4n) is 4.58. The zero-order chi connectivity index (χ0) is 28.5. The van der Waals surface area contributed by atoms with Gasteiger partial charge in [-0.05, 0) is 86.9 Å². The molecule has 0 N–H and O–H groups in total. The Balaban J connectivity index is 1.98. The first-order valence-corrected chi connectivity index (χ1v) is 14.1. The molecule has 0 aromatic heterocycles. The summed E-state index contributed by atoms with van der Waals surface area (Å²) in [5.41, 5.74) is 0.147. The van der Waals surface area contributed by atoms with Crippen LogP contribution in [-0.2, 0) is 32.2 Å². The molecule has 0 fully saturated rings. The largest absolute Gasteiger partial charge is 0.482 e. The molecule has 6 nitrogen and oxygen atoms in total. The van der Waals surface area contributed by atoms with E-state index < -0.39 is 39.4 Å². The minimum Gasteiger partial charge on any atom is -0.482 e. The lowest BCUT2D eigenvalue weighted by molar-refractivity contribution is -0.157. The Kier molecular flexibility index (Phi) is 8.88. The summed E-state index contributed by atoms with van der Waals surface area (Å²) in [7, 11) is -2.88. The second-order valence-corrected chi connectivity index (χ2v) is 12.9. The molecule has 2 aromatic rings. The van der Waals surface area contributed by atoms with Gasteiger partial charge in [0.2, 0.25) is 10.0 Å². The third-order valence-corrected chi connectivity index (χ3v) is 8.33. The van der Waals surface area contributed by atoms with E-state index in [1.807, 2.05) is 6.07 Å². The van der Waals surface area contributed by atoms with Crippen LogP contribution in [0.25, 0.3) is 0 Å². The molecule has 0 bridgehead atoms. The summed E-state index contributed by atoms with van der Waals surface area (Å²) in [5.74, 6) is -0.350. The van der Waals surface area contributed by atoms with Gasteiger partial charge in [0.05, 0.1) is 16.5 Å². The number of hydrogen-bond acceptors (Lipinski definition) is 5. The van der Waals surface area contributed by atoms with Crippen molar-refractivity contribution in [2.45, 2.75) is 88.9 Å². The van der Waals surface area contributed by atoms with Crippen LogP contribution in [0, 0.1) is 0 Å². The Bertz CT molecular complexity index is 1270. The van der Waals surface area contributed by atoms with Gasteiger partial charge in [0.1, 0.15) is 11.4 Å². The summed E-state index contributed by atoms with van der Waals surface area (Å²) in [6.45, 7) is 8.42. The lowest BCUT2D eigenvalue weighted by Crippen LogP contribution is -2.32. The highest BCUT2D eigenvalue weighted by Crippen LogP contribution is 2.40. The maximum absolute atomic E-state index is 13.7.